The van der Waals surface area contributed by atoms with Crippen molar-refractivity contribution in [1.82, 2.24) is 4.90 Å². The zero-order valence-corrected chi connectivity index (χ0v) is 8.93. The van der Waals surface area contributed by atoms with E-state index in [1.54, 1.807) is 4.90 Å². The Hall–Kier alpha value is -1.07. The minimum absolute atomic E-state index is 0. The van der Waals surface area contributed by atoms with E-state index in [0.717, 1.165) is 17.6 Å². The van der Waals surface area contributed by atoms with Crippen LogP contribution in [0, 0.1) is 0 Å². The van der Waals surface area contributed by atoms with Gasteiger partial charge in [-0.15, -0.1) is 0 Å². The predicted octanol–water partition coefficient (Wildman–Crippen LogP) is 0.659. The summed E-state index contributed by atoms with van der Waals surface area (Å²) in [6.07, 6.45) is 0.324. The number of carbonyl (C=O) groups is 1. The lowest BCUT2D eigenvalue weighted by molar-refractivity contribution is 0.0223. The molecule has 17 heavy (non-hydrogen) atoms. The quantitative estimate of drug-likeness (QED) is 0.611. The molecule has 1 saturated heterocycles. The van der Waals surface area contributed by atoms with Crippen molar-refractivity contribution in [1.29, 1.82) is 0 Å². The molecule has 2 heterocycles. The monoisotopic (exact) mass is 241 g/mol. The zero-order chi connectivity index (χ0) is 11.3. The second-order valence-corrected chi connectivity index (χ2v) is 4.64. The first-order valence-corrected chi connectivity index (χ1v) is 5.70. The van der Waals surface area contributed by atoms with Crippen molar-refractivity contribution in [2.75, 3.05) is 13.2 Å². The smallest absolute Gasteiger partial charge is 0.410 e. The van der Waals surface area contributed by atoms with Crippen molar-refractivity contribution in [2.45, 2.75) is 44.9 Å². The van der Waals surface area contributed by atoms with Gasteiger partial charge in [0.15, 0.2) is 0 Å². The van der Waals surface area contributed by atoms with E-state index >= 15 is 0 Å². The van der Waals surface area contributed by atoms with Crippen LogP contribution in [0.15, 0.2) is 11.1 Å². The molecule has 5 heteroatoms. The molecular formula is C12H19NO4. The van der Waals surface area contributed by atoms with Gasteiger partial charge >= 0.3 is 6.09 Å². The van der Waals surface area contributed by atoms with Gasteiger partial charge in [0.05, 0.1) is 12.1 Å². The number of hydrogen-bond donors (Lipinski definition) is 2. The van der Waals surface area contributed by atoms with E-state index in [2.05, 4.69) is 0 Å². The third kappa shape index (κ3) is 1.73. The molecule has 3 rings (SSSR count). The Morgan fingerprint density at radius 2 is 2.00 bits per heavy atom. The number of nitrogens with zero attached hydrogens (tertiary/aromatic N) is 1. The molecular weight excluding hydrogens is 222 g/mol. The maximum Gasteiger partial charge on any atom is 0.410 e. The molecule has 0 radical (unpaired) electrons. The van der Waals surface area contributed by atoms with Crippen LogP contribution in [0.3, 0.4) is 0 Å². The molecule has 96 valence electrons. The van der Waals surface area contributed by atoms with Gasteiger partial charge in [-0.2, -0.15) is 0 Å². The van der Waals surface area contributed by atoms with Crippen molar-refractivity contribution in [3.8, 4) is 0 Å². The van der Waals surface area contributed by atoms with Gasteiger partial charge in [0.1, 0.15) is 12.7 Å². The standard InChI is InChI=1S/C11H15NO4.CH4/c13-9-2-1-6-7(10(9)14)3-4-12-8(6)5-16-11(12)15;/h8-10,13-14H,1-5H2;1H4/t8-,9?,10?;/m0./s1. The van der Waals surface area contributed by atoms with Crippen LogP contribution >= 0.6 is 0 Å². The average molecular weight is 241 g/mol. The predicted molar refractivity (Wildman–Crippen MR) is 61.5 cm³/mol. The van der Waals surface area contributed by atoms with E-state index in [4.69, 9.17) is 4.74 Å². The molecule has 0 aromatic heterocycles. The van der Waals surface area contributed by atoms with Gasteiger partial charge in [-0.05, 0) is 30.4 Å². The van der Waals surface area contributed by atoms with Crippen LogP contribution in [0.2, 0.25) is 0 Å². The van der Waals surface area contributed by atoms with E-state index < -0.39 is 12.2 Å². The topological polar surface area (TPSA) is 70.0 Å². The molecule has 0 aromatic carbocycles. The highest BCUT2D eigenvalue weighted by atomic mass is 16.6. The number of carbonyl (C=O) groups excluding carboxylic acids is 1. The van der Waals surface area contributed by atoms with Gasteiger partial charge in [0.2, 0.25) is 0 Å². The van der Waals surface area contributed by atoms with Gasteiger partial charge < -0.3 is 14.9 Å². The lowest BCUT2D eigenvalue weighted by atomic mass is 9.80. The molecule has 1 aliphatic carbocycles. The maximum atomic E-state index is 11.4. The second kappa shape index (κ2) is 4.31. The van der Waals surface area contributed by atoms with Crippen LogP contribution in [0.4, 0.5) is 4.79 Å². The van der Waals surface area contributed by atoms with E-state index in [9.17, 15) is 15.0 Å². The van der Waals surface area contributed by atoms with Crippen molar-refractivity contribution in [3.63, 3.8) is 0 Å². The molecule has 0 aromatic rings. The Balaban J connectivity index is 0.00000108. The number of fused-ring (bicyclic) bond motifs is 2. The van der Waals surface area contributed by atoms with Crippen molar-refractivity contribution in [3.05, 3.63) is 11.1 Å². The molecule has 3 atom stereocenters. The van der Waals surface area contributed by atoms with Gasteiger partial charge in [0, 0.05) is 6.54 Å². The number of cyclic esters (lactones) is 1. The minimum Gasteiger partial charge on any atom is -0.447 e. The van der Waals surface area contributed by atoms with E-state index in [1.807, 2.05) is 0 Å². The Bertz CT molecular complexity index is 366. The first-order valence-electron chi connectivity index (χ1n) is 5.70. The van der Waals surface area contributed by atoms with Crippen LogP contribution in [-0.4, -0.2) is 52.6 Å². The number of rotatable bonds is 0. The normalized spacial score (nSPS) is 36.0. The molecule has 3 aliphatic rings. The lowest BCUT2D eigenvalue weighted by Crippen LogP contribution is -2.45. The number of ether oxygens (including phenoxy) is 1. The van der Waals surface area contributed by atoms with E-state index in [0.29, 0.717) is 26.0 Å². The molecule has 5 nitrogen and oxygen atoms in total. The molecule has 2 N–H and O–H groups in total. The summed E-state index contributed by atoms with van der Waals surface area (Å²) < 4.78 is 5.02. The van der Waals surface area contributed by atoms with E-state index in [1.165, 1.54) is 0 Å². The summed E-state index contributed by atoms with van der Waals surface area (Å²) in [6.45, 7) is 0.979. The van der Waals surface area contributed by atoms with Crippen molar-refractivity contribution in [2.24, 2.45) is 0 Å². The molecule has 2 aliphatic heterocycles. The molecule has 0 saturated carbocycles. The number of amides is 1. The van der Waals surface area contributed by atoms with E-state index in [-0.39, 0.29) is 19.6 Å². The summed E-state index contributed by atoms with van der Waals surface area (Å²) in [5.41, 5.74) is 2.04. The summed E-state index contributed by atoms with van der Waals surface area (Å²) in [5.74, 6) is 0. The lowest BCUT2D eigenvalue weighted by Gasteiger charge is -2.38. The Morgan fingerprint density at radius 1 is 1.24 bits per heavy atom. The second-order valence-electron chi connectivity index (χ2n) is 4.64. The van der Waals surface area contributed by atoms with Crippen LogP contribution in [0.25, 0.3) is 0 Å². The van der Waals surface area contributed by atoms with Crippen LogP contribution in [0.1, 0.15) is 26.7 Å². The third-order valence-electron chi connectivity index (χ3n) is 3.84. The summed E-state index contributed by atoms with van der Waals surface area (Å²) in [5, 5.41) is 19.5. The van der Waals surface area contributed by atoms with Crippen LogP contribution in [0.5, 0.6) is 0 Å². The highest BCUT2D eigenvalue weighted by Crippen LogP contribution is 2.37. The number of hydrogen-bond acceptors (Lipinski definition) is 4. The number of aliphatic hydroxyl groups excluding tert-OH is 2. The molecule has 1 amide bonds. The van der Waals surface area contributed by atoms with Crippen LogP contribution in [-0.2, 0) is 4.74 Å². The maximum absolute atomic E-state index is 11.4. The van der Waals surface area contributed by atoms with Gasteiger partial charge in [-0.25, -0.2) is 4.79 Å². The van der Waals surface area contributed by atoms with Gasteiger partial charge in [-0.3, -0.25) is 4.90 Å². The van der Waals surface area contributed by atoms with Crippen molar-refractivity contribution >= 4 is 6.09 Å². The minimum atomic E-state index is -0.749. The van der Waals surface area contributed by atoms with Crippen LogP contribution < -0.4 is 0 Å². The Morgan fingerprint density at radius 3 is 2.76 bits per heavy atom. The summed E-state index contributed by atoms with van der Waals surface area (Å²) in [4.78, 5) is 13.1. The van der Waals surface area contributed by atoms with Crippen molar-refractivity contribution < 1.29 is 19.7 Å². The zero-order valence-electron chi connectivity index (χ0n) is 8.93. The summed E-state index contributed by atoms with van der Waals surface area (Å²) in [7, 11) is 0. The fraction of sp³-hybridized carbons (Fsp3) is 0.750. The molecule has 0 spiro atoms. The fourth-order valence-electron chi connectivity index (χ4n) is 2.96. The largest absolute Gasteiger partial charge is 0.447 e. The Labute approximate surface area is 101 Å². The molecule has 2 unspecified atom stereocenters. The third-order valence-corrected chi connectivity index (χ3v) is 3.84. The highest BCUT2D eigenvalue weighted by molar-refractivity contribution is 5.71. The molecule has 0 bridgehead atoms. The fourth-order valence-corrected chi connectivity index (χ4v) is 2.96. The first kappa shape index (κ1) is 12.4. The number of aliphatic hydroxyl groups is 2. The Kier molecular flexibility index (Phi) is 3.14. The summed E-state index contributed by atoms with van der Waals surface area (Å²) >= 11 is 0. The first-order chi connectivity index (χ1) is 7.68. The average Bonchev–Trinajstić information content (AvgIpc) is 2.66. The van der Waals surface area contributed by atoms with Gasteiger partial charge in [0.25, 0.3) is 0 Å². The molecule has 1 fully saturated rings. The SMILES string of the molecule is C.O=C1OC[C@H]2C3=C(CCN12)C(O)C(O)CC3. The summed E-state index contributed by atoms with van der Waals surface area (Å²) in [6, 6.07) is -0.00148. The highest BCUT2D eigenvalue weighted by Gasteiger charge is 2.43. The van der Waals surface area contributed by atoms with Gasteiger partial charge in [-0.1, -0.05) is 7.43 Å².